The van der Waals surface area contributed by atoms with Gasteiger partial charge in [-0.3, -0.25) is 38.4 Å². The van der Waals surface area contributed by atoms with E-state index in [2.05, 4.69) is 31.9 Å². The number of carboxylic acids is 2. The number of amides is 6. The van der Waals surface area contributed by atoms with E-state index in [1.165, 1.54) is 0 Å². The lowest BCUT2D eigenvalue weighted by Gasteiger charge is -2.46. The average Bonchev–Trinajstić information content (AvgIpc) is 2.11. The molecule has 28 nitrogen and oxygen atoms in total. The molecule has 6 rings (SSSR count). The molecule has 0 saturated carbocycles. The highest BCUT2D eigenvalue weighted by Gasteiger charge is 2.72. The third-order valence-corrected chi connectivity index (χ3v) is 17.6. The molecule has 470 valence electrons. The minimum absolute atomic E-state index is 0.106. The Morgan fingerprint density at radius 1 is 0.566 bits per heavy atom. The third kappa shape index (κ3) is 14.6. The van der Waals surface area contributed by atoms with E-state index in [1.807, 2.05) is 27.7 Å². The number of aliphatic hydroxyl groups excluding tert-OH is 6. The molecule has 83 heavy (non-hydrogen) atoms. The summed E-state index contributed by atoms with van der Waals surface area (Å²) in [5.74, 6) is -9.53. The van der Waals surface area contributed by atoms with Crippen molar-refractivity contribution in [2.24, 2.45) is 41.4 Å². The van der Waals surface area contributed by atoms with E-state index in [0.29, 0.717) is 42.8 Å². The number of carbonyl (C=O) groups excluding carboxylic acids is 10. The number of fused-ring (bicyclic) bond motifs is 2. The second-order valence-corrected chi connectivity index (χ2v) is 25.0. The summed E-state index contributed by atoms with van der Waals surface area (Å²) in [6, 6.07) is -2.62. The Morgan fingerprint density at radius 2 is 0.940 bits per heavy atom. The van der Waals surface area contributed by atoms with Gasteiger partial charge in [-0.1, -0.05) is 106 Å². The van der Waals surface area contributed by atoms with Crippen molar-refractivity contribution in [3.8, 4) is 0 Å². The van der Waals surface area contributed by atoms with E-state index in [0.717, 1.165) is 20.3 Å². The summed E-state index contributed by atoms with van der Waals surface area (Å²) in [4.78, 5) is 140. The van der Waals surface area contributed by atoms with Gasteiger partial charge in [0, 0.05) is 25.4 Å². The van der Waals surface area contributed by atoms with Crippen LogP contribution in [0.3, 0.4) is 0 Å². The molecule has 0 aromatic rings. The van der Waals surface area contributed by atoms with Crippen LogP contribution in [0.2, 0.25) is 0 Å². The van der Waals surface area contributed by atoms with Crippen LogP contribution in [0.1, 0.15) is 122 Å². The second kappa shape index (κ2) is 29.1. The van der Waals surface area contributed by atoms with Crippen LogP contribution in [0.15, 0.2) is 0 Å². The minimum Gasteiger partial charge on any atom is -0.480 e. The molecule has 0 radical (unpaired) electrons. The number of esters is 2. The maximum absolute atomic E-state index is 13.0. The SMILES string of the molecule is CC(=O)N[C@H](CSC(=O)[C@]1([C@@H](O)C(C)C)NC(=O)C[C@@H]1O)C(=O)O.CC(C)[C@H](O)C12NC(=O)[C@H](C)[C@@H]1OC2=O.CCC[C@H]1C(=O)NC2([C@@H](O)C(C)C)C(=O)O[C@@H]12.CCC[C@H]1C(=O)N[C@](C(=O)SC[C@@H](NC(C)=O)C(=O)O)([C@@H](O)C(C)C)[C@H]1O. The normalized spacial score (nSPS) is 31.3. The Balaban J connectivity index is 0.000000297. The largest absolute Gasteiger partial charge is 0.480 e. The molecule has 2 unspecified atom stereocenters. The van der Waals surface area contributed by atoms with Crippen molar-refractivity contribution >= 4 is 93.1 Å². The van der Waals surface area contributed by atoms with Crippen LogP contribution in [-0.2, 0) is 67.0 Å². The summed E-state index contributed by atoms with van der Waals surface area (Å²) in [6.45, 7) is 21.6. The number of carboxylic acid groups (broad SMARTS) is 2. The standard InChI is InChI=1S/C17H28N2O7S.C14H22N2O7S.C12H19NO4.C10H15NO4/c1-5-6-10-13(22)17(19-14(10)23,12(21)8(2)3)16(26)27-7-11(15(24)25)18-9(4)20;1-6(2)11(20)14(9(18)4-10(19)16-14)13(23)24-5-8(12(21)22)15-7(3)17;1-4-5-7-9-12(11(16)17-9,13-10(7)15)8(14)6(2)3;1-4(2)6(12)10-7(15-9(10)14)5(3)8(13)11-10/h8,10-13,21-22H,5-7H2,1-4H3,(H,18,20)(H,19,23)(H,24,25);6,8-9,11,18,20H,4-5H2,1-3H3,(H,15,17)(H,16,19)(H,21,22);6-9,14H,4-5H2,1-3H3,(H,13,15);4-7,12H,1-3H3,(H,11,13)/t10-,11-,12+,13+,17-;8-,9+,11+,14+;7-,8+,9+,12?;5-,6+,7+,10?/m1111/s1. The Labute approximate surface area is 489 Å². The van der Waals surface area contributed by atoms with Crippen molar-refractivity contribution < 1.29 is 108 Å². The smallest absolute Gasteiger partial charge is 0.338 e. The van der Waals surface area contributed by atoms with Gasteiger partial charge in [-0.25, -0.2) is 19.2 Å². The molecule has 17 atom stereocenters. The van der Waals surface area contributed by atoms with Crippen LogP contribution < -0.4 is 31.9 Å². The van der Waals surface area contributed by atoms with E-state index in [1.54, 1.807) is 48.5 Å². The lowest BCUT2D eigenvalue weighted by atomic mass is 9.75. The Bertz CT molecular complexity index is 2470. The fraction of sp³-hybridized carbons (Fsp3) is 0.774. The highest BCUT2D eigenvalue weighted by molar-refractivity contribution is 8.14. The third-order valence-electron chi connectivity index (χ3n) is 15.4. The van der Waals surface area contributed by atoms with Gasteiger partial charge in [-0.15, -0.1) is 0 Å². The van der Waals surface area contributed by atoms with Gasteiger partial charge in [0.15, 0.2) is 11.1 Å². The maximum Gasteiger partial charge on any atom is 0.338 e. The first-order valence-electron chi connectivity index (χ1n) is 27.5. The molecule has 6 fully saturated rings. The minimum atomic E-state index is -1.92. The van der Waals surface area contributed by atoms with Crippen LogP contribution >= 0.6 is 23.5 Å². The quantitative estimate of drug-likeness (QED) is 0.0503. The van der Waals surface area contributed by atoms with E-state index in [4.69, 9.17) is 19.7 Å². The number of ether oxygens (including phenoxy) is 2. The molecule has 6 heterocycles. The van der Waals surface area contributed by atoms with Gasteiger partial charge in [-0.05, 0) is 43.4 Å². The van der Waals surface area contributed by atoms with Crippen molar-refractivity contribution in [2.75, 3.05) is 11.5 Å². The topological polar surface area (TPSA) is 457 Å². The number of nitrogens with one attached hydrogen (secondary N) is 6. The molecule has 6 aliphatic heterocycles. The van der Waals surface area contributed by atoms with Gasteiger partial charge in [-0.2, -0.15) is 0 Å². The predicted octanol–water partition coefficient (Wildman–Crippen LogP) is -2.38. The van der Waals surface area contributed by atoms with E-state index >= 15 is 0 Å². The monoisotopic (exact) mass is 1220 g/mol. The summed E-state index contributed by atoms with van der Waals surface area (Å²) in [6.07, 6.45) is -6.22. The van der Waals surface area contributed by atoms with Crippen molar-refractivity contribution in [2.45, 2.75) is 205 Å². The van der Waals surface area contributed by atoms with Crippen LogP contribution in [0.4, 0.5) is 0 Å². The van der Waals surface area contributed by atoms with Crippen molar-refractivity contribution in [1.82, 2.24) is 31.9 Å². The van der Waals surface area contributed by atoms with Gasteiger partial charge < -0.3 is 82.2 Å². The predicted molar refractivity (Wildman–Crippen MR) is 295 cm³/mol. The Hall–Kier alpha value is -5.50. The summed E-state index contributed by atoms with van der Waals surface area (Å²) in [5.41, 5.74) is -6.19. The number of aliphatic hydroxyl groups is 6. The zero-order valence-corrected chi connectivity index (χ0v) is 50.5. The molecular formula is C53H84N6O22S2. The van der Waals surface area contributed by atoms with E-state index in [-0.39, 0.29) is 53.4 Å². The molecule has 0 spiro atoms. The second-order valence-electron chi connectivity index (χ2n) is 23.0. The molecule has 6 amide bonds. The summed E-state index contributed by atoms with van der Waals surface area (Å²) >= 11 is 1.09. The molecule has 0 aromatic heterocycles. The summed E-state index contributed by atoms with van der Waals surface area (Å²) in [7, 11) is 0. The highest BCUT2D eigenvalue weighted by atomic mass is 32.2. The van der Waals surface area contributed by atoms with Gasteiger partial charge in [0.25, 0.3) is 0 Å². The van der Waals surface area contributed by atoms with Crippen LogP contribution in [0.25, 0.3) is 0 Å². The van der Waals surface area contributed by atoms with Crippen LogP contribution in [0.5, 0.6) is 0 Å². The highest BCUT2D eigenvalue weighted by Crippen LogP contribution is 2.45. The van der Waals surface area contributed by atoms with Gasteiger partial charge in [0.1, 0.15) is 24.3 Å². The summed E-state index contributed by atoms with van der Waals surface area (Å²) < 4.78 is 10.0. The molecule has 0 bridgehead atoms. The number of hydrogen-bond donors (Lipinski definition) is 14. The maximum atomic E-state index is 13.0. The van der Waals surface area contributed by atoms with Gasteiger partial charge in [0.2, 0.25) is 56.8 Å². The molecule has 0 aliphatic carbocycles. The molecule has 6 saturated heterocycles. The first kappa shape index (κ1) is 71.8. The zero-order chi connectivity index (χ0) is 63.8. The average molecular weight is 1220 g/mol. The molecule has 14 N–H and O–H groups in total. The number of carbonyl (C=O) groups is 12. The van der Waals surface area contributed by atoms with E-state index < -0.39 is 159 Å². The van der Waals surface area contributed by atoms with Gasteiger partial charge >= 0.3 is 23.9 Å². The van der Waals surface area contributed by atoms with Gasteiger partial charge in [0.05, 0.1) is 60.8 Å². The van der Waals surface area contributed by atoms with Crippen molar-refractivity contribution in [1.29, 1.82) is 0 Å². The Kier molecular flexibility index (Phi) is 25.1. The lowest BCUT2D eigenvalue weighted by Crippen LogP contribution is -2.73. The number of aliphatic carboxylic acids is 2. The first-order valence-corrected chi connectivity index (χ1v) is 29.5. The zero-order valence-electron chi connectivity index (χ0n) is 48.9. The number of thioether (sulfide) groups is 2. The van der Waals surface area contributed by atoms with E-state index in [9.17, 15) is 88.2 Å². The number of hydrogen-bond acceptors (Lipinski definition) is 22. The first-order chi connectivity index (χ1) is 38.4. The molecule has 30 heteroatoms. The van der Waals surface area contributed by atoms with Crippen LogP contribution in [-0.4, -0.2) is 205 Å². The molecular weight excluding hydrogens is 1140 g/mol. The van der Waals surface area contributed by atoms with Crippen molar-refractivity contribution in [3.05, 3.63) is 0 Å². The lowest BCUT2D eigenvalue weighted by molar-refractivity contribution is -0.208. The number of rotatable bonds is 22. The molecule has 0 aromatic carbocycles. The van der Waals surface area contributed by atoms with Crippen molar-refractivity contribution in [3.63, 3.8) is 0 Å². The van der Waals surface area contributed by atoms with Crippen LogP contribution in [0, 0.1) is 41.4 Å². The summed E-state index contributed by atoms with van der Waals surface area (Å²) in [5, 5.41) is 93.3. The molecule has 6 aliphatic rings. The fourth-order valence-corrected chi connectivity index (χ4v) is 13.0. The Morgan fingerprint density at radius 3 is 1.30 bits per heavy atom. The fourth-order valence-electron chi connectivity index (χ4n) is 10.8.